The quantitative estimate of drug-likeness (QED) is 0.887. The van der Waals surface area contributed by atoms with E-state index in [-0.39, 0.29) is 0 Å². The molecule has 2 rings (SSSR count). The first-order valence-electron chi connectivity index (χ1n) is 6.61. The van der Waals surface area contributed by atoms with Crippen LogP contribution >= 0.6 is 0 Å². The first-order chi connectivity index (χ1) is 8.63. The number of likely N-dealkylation sites (tertiary alicyclic amines) is 1. The van der Waals surface area contributed by atoms with Gasteiger partial charge in [-0.25, -0.2) is 4.79 Å². The van der Waals surface area contributed by atoms with Crippen molar-refractivity contribution in [3.05, 3.63) is 17.5 Å². The zero-order chi connectivity index (χ0) is 13.1. The molecule has 0 amide bonds. The van der Waals surface area contributed by atoms with E-state index in [2.05, 4.69) is 16.9 Å². The summed E-state index contributed by atoms with van der Waals surface area (Å²) in [5.74, 6) is -0.886. The molecule has 0 aliphatic carbocycles. The molecule has 0 aromatic carbocycles. The molecule has 1 unspecified atom stereocenters. The highest BCUT2D eigenvalue weighted by atomic mass is 16.4. The Balaban J connectivity index is 2.17. The summed E-state index contributed by atoms with van der Waals surface area (Å²) >= 11 is 0. The summed E-state index contributed by atoms with van der Waals surface area (Å²) in [5, 5.41) is 13.2. The summed E-state index contributed by atoms with van der Waals surface area (Å²) in [6.45, 7) is 3.95. The minimum atomic E-state index is -0.886. The molecule has 1 aromatic rings. The second kappa shape index (κ2) is 5.52. The lowest BCUT2D eigenvalue weighted by molar-refractivity contribution is 0.0691. The number of rotatable bonds is 4. The van der Waals surface area contributed by atoms with Crippen molar-refractivity contribution < 1.29 is 9.90 Å². The lowest BCUT2D eigenvalue weighted by Gasteiger charge is -2.35. The van der Waals surface area contributed by atoms with E-state index in [1.807, 2.05) is 7.05 Å². The SMILES string of the molecule is CCC1CCCCN1Cc1c(C(=O)O)cnn1C. The fourth-order valence-corrected chi connectivity index (χ4v) is 2.75. The number of carboxylic acid groups (broad SMARTS) is 1. The van der Waals surface area contributed by atoms with Gasteiger partial charge in [0.05, 0.1) is 11.9 Å². The van der Waals surface area contributed by atoms with E-state index in [1.54, 1.807) is 4.68 Å². The van der Waals surface area contributed by atoms with Crippen molar-refractivity contribution in [1.82, 2.24) is 14.7 Å². The predicted molar refractivity (Wildman–Crippen MR) is 68.5 cm³/mol. The summed E-state index contributed by atoms with van der Waals surface area (Å²) in [5.41, 5.74) is 1.14. The Bertz CT molecular complexity index is 428. The average molecular weight is 251 g/mol. The summed E-state index contributed by atoms with van der Waals surface area (Å²) in [6.07, 6.45) is 6.28. The van der Waals surface area contributed by atoms with E-state index in [4.69, 9.17) is 5.11 Å². The molecule has 1 aliphatic heterocycles. The number of hydrogen-bond donors (Lipinski definition) is 1. The van der Waals surface area contributed by atoms with Crippen LogP contribution in [0.5, 0.6) is 0 Å². The van der Waals surface area contributed by atoms with Crippen LogP contribution in [0.15, 0.2) is 6.20 Å². The average Bonchev–Trinajstić information content (AvgIpc) is 2.72. The van der Waals surface area contributed by atoms with Gasteiger partial charge in [0.25, 0.3) is 0 Å². The maximum absolute atomic E-state index is 11.2. The van der Waals surface area contributed by atoms with Gasteiger partial charge in [-0.1, -0.05) is 13.3 Å². The van der Waals surface area contributed by atoms with Crippen LogP contribution < -0.4 is 0 Å². The maximum Gasteiger partial charge on any atom is 0.339 e. The number of hydrogen-bond acceptors (Lipinski definition) is 3. The molecule has 1 N–H and O–H groups in total. The molecule has 1 atom stereocenters. The number of nitrogens with zero attached hydrogens (tertiary/aromatic N) is 3. The highest BCUT2D eigenvalue weighted by Crippen LogP contribution is 2.22. The van der Waals surface area contributed by atoms with Gasteiger partial charge in [-0.15, -0.1) is 0 Å². The molecule has 100 valence electrons. The summed E-state index contributed by atoms with van der Waals surface area (Å²) in [4.78, 5) is 13.6. The number of aromatic carboxylic acids is 1. The molecule has 1 saturated heterocycles. The largest absolute Gasteiger partial charge is 0.478 e. The Morgan fingerprint density at radius 2 is 2.33 bits per heavy atom. The number of piperidine rings is 1. The molecule has 1 aliphatic rings. The van der Waals surface area contributed by atoms with Crippen LogP contribution in [0.2, 0.25) is 0 Å². The van der Waals surface area contributed by atoms with Gasteiger partial charge < -0.3 is 5.11 Å². The molecule has 5 nitrogen and oxygen atoms in total. The van der Waals surface area contributed by atoms with Crippen molar-refractivity contribution in [2.75, 3.05) is 6.54 Å². The van der Waals surface area contributed by atoms with Crippen LogP contribution in [-0.2, 0) is 13.6 Å². The Kier molecular flexibility index (Phi) is 4.01. The molecule has 0 bridgehead atoms. The van der Waals surface area contributed by atoms with Gasteiger partial charge in [0.1, 0.15) is 5.56 Å². The minimum absolute atomic E-state index is 0.331. The third-order valence-corrected chi connectivity index (χ3v) is 3.87. The highest BCUT2D eigenvalue weighted by molar-refractivity contribution is 5.88. The van der Waals surface area contributed by atoms with Gasteiger partial charge in [-0.05, 0) is 25.8 Å². The Morgan fingerprint density at radius 1 is 1.56 bits per heavy atom. The van der Waals surface area contributed by atoms with Gasteiger partial charge in [0.2, 0.25) is 0 Å². The number of carbonyl (C=O) groups is 1. The summed E-state index contributed by atoms with van der Waals surface area (Å²) in [7, 11) is 1.81. The topological polar surface area (TPSA) is 58.4 Å². The lowest BCUT2D eigenvalue weighted by atomic mass is 9.99. The van der Waals surface area contributed by atoms with Crippen molar-refractivity contribution in [1.29, 1.82) is 0 Å². The second-order valence-electron chi connectivity index (χ2n) is 4.96. The van der Waals surface area contributed by atoms with Crippen LogP contribution in [0.1, 0.15) is 48.7 Å². The van der Waals surface area contributed by atoms with E-state index < -0.39 is 5.97 Å². The van der Waals surface area contributed by atoms with Crippen LogP contribution in [0.3, 0.4) is 0 Å². The minimum Gasteiger partial charge on any atom is -0.478 e. The fraction of sp³-hybridized carbons (Fsp3) is 0.692. The van der Waals surface area contributed by atoms with Crippen molar-refractivity contribution in [3.63, 3.8) is 0 Å². The molecule has 1 fully saturated rings. The van der Waals surface area contributed by atoms with E-state index in [9.17, 15) is 4.79 Å². The molecule has 0 radical (unpaired) electrons. The van der Waals surface area contributed by atoms with Gasteiger partial charge >= 0.3 is 5.97 Å². The molecular weight excluding hydrogens is 230 g/mol. The number of carboxylic acids is 1. The van der Waals surface area contributed by atoms with Crippen molar-refractivity contribution in [2.24, 2.45) is 7.05 Å². The van der Waals surface area contributed by atoms with Crippen molar-refractivity contribution in [2.45, 2.75) is 45.2 Å². The summed E-state index contributed by atoms with van der Waals surface area (Å²) < 4.78 is 1.69. The van der Waals surface area contributed by atoms with Gasteiger partial charge in [0.15, 0.2) is 0 Å². The first kappa shape index (κ1) is 13.1. The number of aryl methyl sites for hydroxylation is 1. The zero-order valence-electron chi connectivity index (χ0n) is 11.1. The summed E-state index contributed by atoms with van der Waals surface area (Å²) in [6, 6.07) is 0.579. The normalized spacial score (nSPS) is 21.1. The lowest BCUT2D eigenvalue weighted by Crippen LogP contribution is -2.39. The second-order valence-corrected chi connectivity index (χ2v) is 4.96. The Labute approximate surface area is 107 Å². The molecule has 5 heteroatoms. The molecule has 1 aromatic heterocycles. The van der Waals surface area contributed by atoms with E-state index in [0.717, 1.165) is 18.7 Å². The Morgan fingerprint density at radius 3 is 3.00 bits per heavy atom. The Hall–Kier alpha value is -1.36. The third kappa shape index (κ3) is 2.56. The monoisotopic (exact) mass is 251 g/mol. The smallest absolute Gasteiger partial charge is 0.339 e. The zero-order valence-corrected chi connectivity index (χ0v) is 11.1. The van der Waals surface area contributed by atoms with Gasteiger partial charge in [-0.2, -0.15) is 5.10 Å². The van der Waals surface area contributed by atoms with Crippen LogP contribution in [-0.4, -0.2) is 38.3 Å². The van der Waals surface area contributed by atoms with Crippen LogP contribution in [0.25, 0.3) is 0 Å². The van der Waals surface area contributed by atoms with Gasteiger partial charge in [-0.3, -0.25) is 9.58 Å². The standard InChI is InChI=1S/C13H21N3O2/c1-3-10-6-4-5-7-16(10)9-12-11(13(17)18)8-14-15(12)2/h8,10H,3-7,9H2,1-2H3,(H,17,18). The first-order valence-corrected chi connectivity index (χ1v) is 6.61. The van der Waals surface area contributed by atoms with Crippen molar-refractivity contribution >= 4 is 5.97 Å². The van der Waals surface area contributed by atoms with Crippen LogP contribution in [0, 0.1) is 0 Å². The fourth-order valence-electron chi connectivity index (χ4n) is 2.75. The molecule has 18 heavy (non-hydrogen) atoms. The molecule has 0 saturated carbocycles. The van der Waals surface area contributed by atoms with Crippen molar-refractivity contribution in [3.8, 4) is 0 Å². The predicted octanol–water partition coefficient (Wildman–Crippen LogP) is 1.88. The van der Waals surface area contributed by atoms with E-state index >= 15 is 0 Å². The van der Waals surface area contributed by atoms with Gasteiger partial charge in [0, 0.05) is 19.6 Å². The molecule has 0 spiro atoms. The molecular formula is C13H21N3O2. The van der Waals surface area contributed by atoms with Crippen LogP contribution in [0.4, 0.5) is 0 Å². The number of aromatic nitrogens is 2. The van der Waals surface area contributed by atoms with E-state index in [0.29, 0.717) is 18.2 Å². The maximum atomic E-state index is 11.2. The third-order valence-electron chi connectivity index (χ3n) is 3.87. The van der Waals surface area contributed by atoms with E-state index in [1.165, 1.54) is 25.5 Å². The highest BCUT2D eigenvalue weighted by Gasteiger charge is 2.24. The molecule has 2 heterocycles.